The van der Waals surface area contributed by atoms with E-state index in [9.17, 15) is 13.6 Å². The van der Waals surface area contributed by atoms with Crippen LogP contribution >= 0.6 is 0 Å². The average molecular weight is 382 g/mol. The minimum absolute atomic E-state index is 0.000123. The number of fused-ring (bicyclic) bond motifs is 2. The lowest BCUT2D eigenvalue weighted by Crippen LogP contribution is -2.49. The van der Waals surface area contributed by atoms with Crippen molar-refractivity contribution in [3.8, 4) is 11.5 Å². The minimum atomic E-state index is -2.93. The number of rotatable bonds is 6. The molecule has 1 amide bonds. The van der Waals surface area contributed by atoms with E-state index in [0.29, 0.717) is 18.4 Å². The molecule has 2 aliphatic rings. The Morgan fingerprint density at radius 2 is 1.93 bits per heavy atom. The second-order valence-corrected chi connectivity index (χ2v) is 7.75. The molecule has 2 atom stereocenters. The van der Waals surface area contributed by atoms with Crippen molar-refractivity contribution < 1.29 is 23.0 Å². The van der Waals surface area contributed by atoms with Gasteiger partial charge in [-0.25, -0.2) is 0 Å². The summed E-state index contributed by atoms with van der Waals surface area (Å²) in [5.41, 5.74) is 7.04. The van der Waals surface area contributed by atoms with Gasteiger partial charge in [0.15, 0.2) is 11.5 Å². The Hall–Kier alpha value is -1.89. The van der Waals surface area contributed by atoms with Crippen molar-refractivity contribution in [2.45, 2.75) is 51.3 Å². The maximum Gasteiger partial charge on any atom is 0.387 e. The fourth-order valence-electron chi connectivity index (χ4n) is 4.66. The van der Waals surface area contributed by atoms with Crippen LogP contribution in [0.4, 0.5) is 8.78 Å². The molecule has 0 heterocycles. The van der Waals surface area contributed by atoms with E-state index in [-0.39, 0.29) is 29.4 Å². The van der Waals surface area contributed by atoms with Crippen LogP contribution in [0.5, 0.6) is 11.5 Å². The van der Waals surface area contributed by atoms with Crippen molar-refractivity contribution in [1.29, 1.82) is 0 Å². The molecule has 1 aromatic carbocycles. The Kier molecular flexibility index (Phi) is 6.19. The first kappa shape index (κ1) is 19.9. The van der Waals surface area contributed by atoms with E-state index in [1.54, 1.807) is 24.1 Å². The van der Waals surface area contributed by atoms with Crippen molar-refractivity contribution in [1.82, 2.24) is 4.90 Å². The van der Waals surface area contributed by atoms with Crippen LogP contribution < -0.4 is 15.2 Å². The van der Waals surface area contributed by atoms with Crippen LogP contribution in [-0.2, 0) is 11.3 Å². The molecule has 0 aromatic heterocycles. The summed E-state index contributed by atoms with van der Waals surface area (Å²) >= 11 is 0. The molecule has 7 heteroatoms. The van der Waals surface area contributed by atoms with Crippen LogP contribution in [0, 0.1) is 17.8 Å². The number of benzene rings is 1. The summed E-state index contributed by atoms with van der Waals surface area (Å²) in [7, 11) is 3.15. The maximum absolute atomic E-state index is 12.9. The lowest BCUT2D eigenvalue weighted by Gasteiger charge is -2.44. The summed E-state index contributed by atoms with van der Waals surface area (Å²) < 4.78 is 34.8. The number of halogens is 2. The second-order valence-electron chi connectivity index (χ2n) is 7.75. The van der Waals surface area contributed by atoms with Crippen molar-refractivity contribution in [3.05, 3.63) is 23.8 Å². The van der Waals surface area contributed by atoms with Gasteiger partial charge in [-0.3, -0.25) is 4.79 Å². The molecule has 0 radical (unpaired) electrons. The van der Waals surface area contributed by atoms with Gasteiger partial charge >= 0.3 is 6.61 Å². The van der Waals surface area contributed by atoms with Crippen LogP contribution in [0.2, 0.25) is 0 Å². The predicted octanol–water partition coefficient (Wildman–Crippen LogP) is 3.41. The monoisotopic (exact) mass is 382 g/mol. The number of nitrogens with zero attached hydrogens (tertiary/aromatic N) is 1. The second kappa shape index (κ2) is 8.42. The summed E-state index contributed by atoms with van der Waals surface area (Å²) in [6.45, 7) is -2.60. The summed E-state index contributed by atoms with van der Waals surface area (Å²) in [4.78, 5) is 14.6. The standard InChI is InChI=1S/C20H28F2N2O3/c1-24(11-12-6-7-16(26-2)17(8-12)27-20(21)22)19(25)15-9-13-4-3-5-14(10-15)18(13)23/h6-8,13-15,18,20H,3-5,9-11,23H2,1-2H3. The number of hydrogen-bond acceptors (Lipinski definition) is 4. The Balaban J connectivity index is 1.66. The zero-order chi connectivity index (χ0) is 19.6. The smallest absolute Gasteiger partial charge is 0.387 e. The van der Waals surface area contributed by atoms with E-state index < -0.39 is 6.61 Å². The van der Waals surface area contributed by atoms with Crippen molar-refractivity contribution in [3.63, 3.8) is 0 Å². The molecule has 2 unspecified atom stereocenters. The van der Waals surface area contributed by atoms with Crippen LogP contribution in [0.15, 0.2) is 18.2 Å². The molecule has 0 spiro atoms. The Bertz CT molecular complexity index is 657. The number of hydrogen-bond donors (Lipinski definition) is 1. The molecular weight excluding hydrogens is 354 g/mol. The van der Waals surface area contributed by atoms with Gasteiger partial charge in [-0.1, -0.05) is 12.5 Å². The number of amides is 1. The Morgan fingerprint density at radius 1 is 1.26 bits per heavy atom. The highest BCUT2D eigenvalue weighted by atomic mass is 19.3. The summed E-state index contributed by atoms with van der Waals surface area (Å²) in [5, 5.41) is 0. The third-order valence-corrected chi connectivity index (χ3v) is 6.00. The molecule has 2 saturated carbocycles. The van der Waals surface area contributed by atoms with Crippen molar-refractivity contribution >= 4 is 5.91 Å². The van der Waals surface area contributed by atoms with E-state index in [4.69, 9.17) is 10.5 Å². The third-order valence-electron chi connectivity index (χ3n) is 6.00. The molecule has 0 saturated heterocycles. The lowest BCUT2D eigenvalue weighted by molar-refractivity contribution is -0.137. The van der Waals surface area contributed by atoms with E-state index in [2.05, 4.69) is 4.74 Å². The first-order valence-electron chi connectivity index (χ1n) is 9.51. The van der Waals surface area contributed by atoms with Crippen LogP contribution in [0.25, 0.3) is 0 Å². The van der Waals surface area contributed by atoms with Gasteiger partial charge in [-0.15, -0.1) is 0 Å². The molecule has 2 N–H and O–H groups in total. The number of carbonyl (C=O) groups excluding carboxylic acids is 1. The zero-order valence-electron chi connectivity index (χ0n) is 15.9. The van der Waals surface area contributed by atoms with Gasteiger partial charge in [-0.2, -0.15) is 8.78 Å². The zero-order valence-corrected chi connectivity index (χ0v) is 15.9. The SMILES string of the molecule is COc1ccc(CN(C)C(=O)C2CC3CCCC(C2)C3N)cc1OC(F)F. The molecule has 150 valence electrons. The quantitative estimate of drug-likeness (QED) is 0.819. The first-order chi connectivity index (χ1) is 12.9. The summed E-state index contributed by atoms with van der Waals surface area (Å²) in [6.07, 6.45) is 5.13. The number of carbonyl (C=O) groups is 1. The maximum atomic E-state index is 12.9. The highest BCUT2D eigenvalue weighted by Crippen LogP contribution is 2.42. The highest BCUT2D eigenvalue weighted by molar-refractivity contribution is 5.78. The van der Waals surface area contributed by atoms with Gasteiger partial charge in [0, 0.05) is 25.6 Å². The normalized spacial score (nSPS) is 27.3. The summed E-state index contributed by atoms with van der Waals surface area (Å²) in [5.74, 6) is 1.19. The average Bonchev–Trinajstić information content (AvgIpc) is 2.60. The topological polar surface area (TPSA) is 64.8 Å². The predicted molar refractivity (Wildman–Crippen MR) is 97.6 cm³/mol. The molecule has 27 heavy (non-hydrogen) atoms. The van der Waals surface area contributed by atoms with E-state index in [1.807, 2.05) is 0 Å². The fraction of sp³-hybridized carbons (Fsp3) is 0.650. The van der Waals surface area contributed by atoms with Gasteiger partial charge in [-0.05, 0) is 55.2 Å². The van der Waals surface area contributed by atoms with Crippen LogP contribution in [0.1, 0.15) is 37.7 Å². The van der Waals surface area contributed by atoms with Gasteiger partial charge in [0.05, 0.1) is 7.11 Å². The van der Waals surface area contributed by atoms with Crippen LogP contribution in [0.3, 0.4) is 0 Å². The van der Waals surface area contributed by atoms with Crippen molar-refractivity contribution in [2.75, 3.05) is 14.2 Å². The number of ether oxygens (including phenoxy) is 2. The van der Waals surface area contributed by atoms with E-state index in [1.165, 1.54) is 19.6 Å². The minimum Gasteiger partial charge on any atom is -0.493 e. The molecule has 2 fully saturated rings. The molecule has 1 aromatic rings. The van der Waals surface area contributed by atoms with Gasteiger partial charge in [0.25, 0.3) is 0 Å². The van der Waals surface area contributed by atoms with Gasteiger partial charge in [0.2, 0.25) is 5.91 Å². The molecule has 3 rings (SSSR count). The first-order valence-corrected chi connectivity index (χ1v) is 9.51. The molecule has 0 aliphatic heterocycles. The number of nitrogens with two attached hydrogens (primary N) is 1. The van der Waals surface area contributed by atoms with E-state index in [0.717, 1.165) is 31.2 Å². The lowest BCUT2D eigenvalue weighted by atomic mass is 9.65. The third kappa shape index (κ3) is 4.51. The molecule has 5 nitrogen and oxygen atoms in total. The largest absolute Gasteiger partial charge is 0.493 e. The summed E-state index contributed by atoms with van der Waals surface area (Å²) in [6, 6.07) is 5.06. The highest BCUT2D eigenvalue weighted by Gasteiger charge is 2.41. The van der Waals surface area contributed by atoms with E-state index >= 15 is 0 Å². The number of methoxy groups -OCH3 is 1. The van der Waals surface area contributed by atoms with Crippen molar-refractivity contribution in [2.24, 2.45) is 23.5 Å². The van der Waals surface area contributed by atoms with Gasteiger partial charge < -0.3 is 20.1 Å². The van der Waals surface area contributed by atoms with Gasteiger partial charge in [0.1, 0.15) is 0 Å². The number of alkyl halides is 2. The molecule has 2 aliphatic carbocycles. The fourth-order valence-corrected chi connectivity index (χ4v) is 4.66. The Labute approximate surface area is 158 Å². The Morgan fingerprint density at radius 3 is 2.52 bits per heavy atom. The molecule has 2 bridgehead atoms. The molecular formula is C20H28F2N2O3. The van der Waals surface area contributed by atoms with Crippen LogP contribution in [-0.4, -0.2) is 37.6 Å².